The first-order chi connectivity index (χ1) is 11.5. The Morgan fingerprint density at radius 2 is 1.50 bits per heavy atom. The third-order valence-corrected chi connectivity index (χ3v) is 5.88. The molecule has 4 nitrogen and oxygen atoms in total. The van der Waals surface area contributed by atoms with Gasteiger partial charge in [-0.3, -0.25) is 5.43 Å². The van der Waals surface area contributed by atoms with Crippen molar-refractivity contribution in [3.8, 4) is 5.75 Å². The lowest BCUT2D eigenvalue weighted by molar-refractivity contribution is 0.203. The summed E-state index contributed by atoms with van der Waals surface area (Å²) in [7, 11) is 0. The topological polar surface area (TPSA) is 46.0 Å². The largest absolute Gasteiger partial charge is 0.487 e. The molecule has 24 heavy (non-hydrogen) atoms. The standard InChI is InChI=1S/C15H10Cl5N3O/c16-9-10(17)12(19)14(13(20)11(9)18)24-7-15(6-21-23-22-15)8-4-2-1-3-5-8/h1-5H,6-7H2,(H,21,22). The van der Waals surface area contributed by atoms with E-state index in [1.165, 1.54) is 0 Å². The van der Waals surface area contributed by atoms with Crippen LogP contribution >= 0.6 is 58.0 Å². The molecule has 1 heterocycles. The van der Waals surface area contributed by atoms with Crippen molar-refractivity contribution in [2.24, 2.45) is 10.3 Å². The second-order valence-corrected chi connectivity index (χ2v) is 7.04. The molecule has 1 atom stereocenters. The van der Waals surface area contributed by atoms with Crippen molar-refractivity contribution in [2.75, 3.05) is 13.2 Å². The van der Waals surface area contributed by atoms with Crippen molar-refractivity contribution in [3.63, 3.8) is 0 Å². The first-order valence-electron chi connectivity index (χ1n) is 6.80. The van der Waals surface area contributed by atoms with E-state index in [0.29, 0.717) is 6.54 Å². The van der Waals surface area contributed by atoms with Crippen LogP contribution in [-0.4, -0.2) is 13.2 Å². The number of rotatable bonds is 4. The molecule has 1 N–H and O–H groups in total. The Morgan fingerprint density at radius 3 is 2.04 bits per heavy atom. The Hall–Kier alpha value is -0.910. The normalized spacial score (nSPS) is 19.4. The van der Waals surface area contributed by atoms with Gasteiger partial charge in [0.15, 0.2) is 5.75 Å². The molecule has 0 aromatic heterocycles. The van der Waals surface area contributed by atoms with Crippen molar-refractivity contribution in [3.05, 3.63) is 61.0 Å². The van der Waals surface area contributed by atoms with E-state index in [4.69, 9.17) is 62.7 Å². The van der Waals surface area contributed by atoms with Gasteiger partial charge >= 0.3 is 0 Å². The molecule has 2 aromatic rings. The van der Waals surface area contributed by atoms with Crippen LogP contribution in [0.25, 0.3) is 0 Å². The van der Waals surface area contributed by atoms with Crippen molar-refractivity contribution >= 4 is 58.0 Å². The van der Waals surface area contributed by atoms with Gasteiger partial charge in [-0.15, -0.1) is 0 Å². The first kappa shape index (κ1) is 17.9. The van der Waals surface area contributed by atoms with Gasteiger partial charge in [-0.2, -0.15) is 5.11 Å². The number of hydrogen-bond acceptors (Lipinski definition) is 4. The fourth-order valence-electron chi connectivity index (χ4n) is 2.30. The average Bonchev–Trinajstić information content (AvgIpc) is 3.09. The molecule has 1 aliphatic rings. The predicted octanol–water partition coefficient (Wildman–Crippen LogP) is 6.20. The van der Waals surface area contributed by atoms with Gasteiger partial charge in [-0.25, -0.2) is 0 Å². The Morgan fingerprint density at radius 1 is 0.917 bits per heavy atom. The summed E-state index contributed by atoms with van der Waals surface area (Å²) in [6.07, 6.45) is 0. The maximum atomic E-state index is 6.20. The van der Waals surface area contributed by atoms with E-state index in [2.05, 4.69) is 15.8 Å². The van der Waals surface area contributed by atoms with Crippen LogP contribution in [0.15, 0.2) is 40.7 Å². The van der Waals surface area contributed by atoms with E-state index >= 15 is 0 Å². The second-order valence-electron chi connectivity index (χ2n) is 5.15. The van der Waals surface area contributed by atoms with Crippen LogP contribution in [0.5, 0.6) is 5.75 Å². The summed E-state index contributed by atoms with van der Waals surface area (Å²) in [5.41, 5.74) is 3.32. The van der Waals surface area contributed by atoms with Crippen molar-refractivity contribution < 1.29 is 4.74 Å². The summed E-state index contributed by atoms with van der Waals surface area (Å²) in [5, 5.41) is 8.36. The Kier molecular flexibility index (Phi) is 5.33. The third-order valence-electron chi connectivity index (χ3n) is 3.63. The molecule has 0 radical (unpaired) electrons. The SMILES string of the molecule is Clc1c(Cl)c(Cl)c(OCC2(c3ccccc3)CN=NN2)c(Cl)c1Cl. The summed E-state index contributed by atoms with van der Waals surface area (Å²) >= 11 is 30.5. The fraction of sp³-hybridized carbons (Fsp3) is 0.200. The number of nitrogens with one attached hydrogen (secondary N) is 1. The highest BCUT2D eigenvalue weighted by Gasteiger charge is 2.37. The van der Waals surface area contributed by atoms with Crippen LogP contribution in [0.2, 0.25) is 25.1 Å². The number of hydrogen-bond donors (Lipinski definition) is 1. The molecule has 0 bridgehead atoms. The van der Waals surface area contributed by atoms with Gasteiger partial charge < -0.3 is 4.74 Å². The van der Waals surface area contributed by atoms with E-state index in [0.717, 1.165) is 5.56 Å². The molecule has 2 aromatic carbocycles. The van der Waals surface area contributed by atoms with Gasteiger partial charge in [-0.05, 0) is 5.56 Å². The van der Waals surface area contributed by atoms with Crippen LogP contribution in [0.4, 0.5) is 0 Å². The lowest BCUT2D eigenvalue weighted by Crippen LogP contribution is -2.44. The van der Waals surface area contributed by atoms with Gasteiger partial charge in [-0.1, -0.05) is 93.6 Å². The molecule has 0 aliphatic carbocycles. The minimum Gasteiger partial charge on any atom is -0.487 e. The molecule has 1 aliphatic heterocycles. The highest BCUT2D eigenvalue weighted by molar-refractivity contribution is 6.55. The van der Waals surface area contributed by atoms with Gasteiger partial charge in [0.05, 0.1) is 21.6 Å². The molecular weight excluding hydrogens is 415 g/mol. The predicted molar refractivity (Wildman–Crippen MR) is 98.0 cm³/mol. The summed E-state index contributed by atoms with van der Waals surface area (Å²) in [6, 6.07) is 9.68. The third kappa shape index (κ3) is 3.14. The second kappa shape index (κ2) is 7.14. The summed E-state index contributed by atoms with van der Waals surface area (Å²) in [6.45, 7) is 0.569. The molecule has 0 fully saturated rings. The Labute approximate surface area is 163 Å². The Bertz CT molecular complexity index is 760. The number of halogens is 5. The van der Waals surface area contributed by atoms with Gasteiger partial charge in [0.25, 0.3) is 0 Å². The summed E-state index contributed by atoms with van der Waals surface area (Å²) in [5.74, 6) is 0.168. The number of nitrogens with zero attached hydrogens (tertiary/aromatic N) is 2. The monoisotopic (exact) mass is 423 g/mol. The fourth-order valence-corrected chi connectivity index (χ4v) is 3.53. The molecular formula is C15H10Cl5N3O. The molecule has 1 unspecified atom stereocenters. The smallest absolute Gasteiger partial charge is 0.159 e. The summed E-state index contributed by atoms with van der Waals surface area (Å²) in [4.78, 5) is 0. The maximum absolute atomic E-state index is 6.20. The van der Waals surface area contributed by atoms with Gasteiger partial charge in [0.2, 0.25) is 0 Å². The zero-order chi connectivity index (χ0) is 17.3. The van der Waals surface area contributed by atoms with E-state index in [9.17, 15) is 0 Å². The van der Waals surface area contributed by atoms with E-state index in [1.54, 1.807) is 0 Å². The van der Waals surface area contributed by atoms with E-state index < -0.39 is 5.54 Å². The molecule has 0 saturated carbocycles. The van der Waals surface area contributed by atoms with Crippen LogP contribution in [0.3, 0.4) is 0 Å². The number of benzene rings is 2. The van der Waals surface area contributed by atoms with E-state index in [1.807, 2.05) is 30.3 Å². The quantitative estimate of drug-likeness (QED) is 0.468. The Balaban J connectivity index is 1.92. The minimum absolute atomic E-state index is 0.0856. The van der Waals surface area contributed by atoms with Crippen molar-refractivity contribution in [1.29, 1.82) is 0 Å². The van der Waals surface area contributed by atoms with Crippen LogP contribution < -0.4 is 10.2 Å². The molecule has 0 spiro atoms. The average molecular weight is 426 g/mol. The molecule has 0 amide bonds. The maximum Gasteiger partial charge on any atom is 0.159 e. The zero-order valence-electron chi connectivity index (χ0n) is 12.0. The first-order valence-corrected chi connectivity index (χ1v) is 8.69. The highest BCUT2D eigenvalue weighted by atomic mass is 35.5. The molecule has 9 heteroatoms. The lowest BCUT2D eigenvalue weighted by Gasteiger charge is -2.28. The van der Waals surface area contributed by atoms with Crippen molar-refractivity contribution in [2.45, 2.75) is 5.54 Å². The number of ether oxygens (including phenoxy) is 1. The van der Waals surface area contributed by atoms with Gasteiger partial charge in [0, 0.05) is 0 Å². The van der Waals surface area contributed by atoms with Crippen molar-refractivity contribution in [1.82, 2.24) is 5.43 Å². The zero-order valence-corrected chi connectivity index (χ0v) is 15.8. The van der Waals surface area contributed by atoms with Gasteiger partial charge in [0.1, 0.15) is 22.2 Å². The molecule has 126 valence electrons. The molecule has 0 saturated heterocycles. The lowest BCUT2D eigenvalue weighted by atomic mass is 9.92. The van der Waals surface area contributed by atoms with Crippen LogP contribution in [-0.2, 0) is 5.54 Å². The minimum atomic E-state index is -0.632. The van der Waals surface area contributed by atoms with E-state index in [-0.39, 0.29) is 37.5 Å². The molecule has 3 rings (SSSR count). The van der Waals surface area contributed by atoms with Crippen LogP contribution in [0.1, 0.15) is 5.56 Å². The highest BCUT2D eigenvalue weighted by Crippen LogP contribution is 2.48. The summed E-state index contributed by atoms with van der Waals surface area (Å²) < 4.78 is 5.85. The van der Waals surface area contributed by atoms with Crippen LogP contribution in [0, 0.1) is 0 Å².